The minimum atomic E-state index is -3.88. The maximum atomic E-state index is 13.0. The molecule has 0 aliphatic rings. The van der Waals surface area contributed by atoms with Crippen LogP contribution in [-0.2, 0) is 17.1 Å². The average Bonchev–Trinajstić information content (AvgIpc) is 3.00. The third-order valence-corrected chi connectivity index (χ3v) is 6.24. The van der Waals surface area contributed by atoms with Gasteiger partial charge in [-0.2, -0.15) is 5.10 Å². The molecule has 1 aromatic carbocycles. The number of fused-ring (bicyclic) bond motifs is 1. The van der Waals surface area contributed by atoms with Crippen LogP contribution in [0.3, 0.4) is 0 Å². The Morgan fingerprint density at radius 3 is 2.65 bits per heavy atom. The van der Waals surface area contributed by atoms with Gasteiger partial charge in [-0.05, 0) is 44.4 Å². The number of aromatic nitrogens is 5. The predicted molar refractivity (Wildman–Crippen MR) is 116 cm³/mol. The van der Waals surface area contributed by atoms with Crippen LogP contribution in [-0.4, -0.2) is 57.7 Å². The summed E-state index contributed by atoms with van der Waals surface area (Å²) in [6, 6.07) is 3.92. The molecule has 3 rings (SSSR count). The Morgan fingerprint density at radius 1 is 1.26 bits per heavy atom. The molecule has 168 valence electrons. The van der Waals surface area contributed by atoms with E-state index in [4.69, 9.17) is 4.74 Å². The van der Waals surface area contributed by atoms with Gasteiger partial charge in [-0.15, -0.1) is 10.2 Å². The molecule has 0 aliphatic heterocycles. The SMILES string of the molecule is CCOc1ccc(S(=O)(=O)N[C@H](CO)CC(C)C)cc1-c1nnc2c(n1)c(C)nn2C. The fourth-order valence-electron chi connectivity index (χ4n) is 3.36. The molecule has 2 heterocycles. The van der Waals surface area contributed by atoms with Gasteiger partial charge in [0.05, 0.1) is 29.4 Å². The molecule has 3 aromatic rings. The van der Waals surface area contributed by atoms with Gasteiger partial charge in [0.2, 0.25) is 10.0 Å². The van der Waals surface area contributed by atoms with Crippen molar-refractivity contribution in [2.24, 2.45) is 13.0 Å². The highest BCUT2D eigenvalue weighted by molar-refractivity contribution is 7.89. The summed E-state index contributed by atoms with van der Waals surface area (Å²) >= 11 is 0. The Labute approximate surface area is 181 Å². The third kappa shape index (κ3) is 5.00. The van der Waals surface area contributed by atoms with E-state index >= 15 is 0 Å². The van der Waals surface area contributed by atoms with Gasteiger partial charge in [0.1, 0.15) is 11.3 Å². The molecular formula is C20H28N6O4S. The molecule has 0 bridgehead atoms. The fourth-order valence-corrected chi connectivity index (χ4v) is 4.63. The molecule has 11 heteroatoms. The molecule has 0 fully saturated rings. The summed E-state index contributed by atoms with van der Waals surface area (Å²) in [6.07, 6.45) is 0.517. The third-order valence-electron chi connectivity index (χ3n) is 4.72. The van der Waals surface area contributed by atoms with Crippen LogP contribution in [0.15, 0.2) is 23.1 Å². The number of ether oxygens (including phenoxy) is 1. The number of benzene rings is 1. The Kier molecular flexibility index (Phi) is 6.87. The minimum Gasteiger partial charge on any atom is -0.493 e. The molecule has 2 aromatic heterocycles. The maximum absolute atomic E-state index is 13.0. The van der Waals surface area contributed by atoms with Crippen molar-refractivity contribution in [1.82, 2.24) is 29.7 Å². The second-order valence-electron chi connectivity index (χ2n) is 7.74. The van der Waals surface area contributed by atoms with Gasteiger partial charge in [-0.25, -0.2) is 22.8 Å². The highest BCUT2D eigenvalue weighted by Crippen LogP contribution is 2.31. The topological polar surface area (TPSA) is 132 Å². The van der Waals surface area contributed by atoms with E-state index in [-0.39, 0.29) is 23.2 Å². The van der Waals surface area contributed by atoms with Crippen LogP contribution in [0.2, 0.25) is 0 Å². The Hall–Kier alpha value is -2.63. The standard InChI is InChI=1S/C20H28N6O4S/c1-6-30-17-8-7-15(31(28,29)25-14(11-27)9-12(2)3)10-16(17)19-21-18-13(4)24-26(5)20(18)23-22-19/h7-8,10,12,14,25,27H,6,9,11H2,1-5H3/t14-/m0/s1. The summed E-state index contributed by atoms with van der Waals surface area (Å²) < 4.78 is 35.8. The lowest BCUT2D eigenvalue weighted by Gasteiger charge is -2.19. The molecule has 0 saturated heterocycles. The van der Waals surface area contributed by atoms with Crippen LogP contribution in [0.1, 0.15) is 32.9 Å². The molecule has 0 unspecified atom stereocenters. The Morgan fingerprint density at radius 2 is 2.00 bits per heavy atom. The van der Waals surface area contributed by atoms with Crippen LogP contribution >= 0.6 is 0 Å². The second kappa shape index (κ2) is 9.25. The lowest BCUT2D eigenvalue weighted by Crippen LogP contribution is -2.38. The van der Waals surface area contributed by atoms with Gasteiger partial charge in [-0.3, -0.25) is 0 Å². The summed E-state index contributed by atoms with van der Waals surface area (Å²) in [7, 11) is -2.13. The van der Waals surface area contributed by atoms with Crippen molar-refractivity contribution in [2.45, 2.75) is 45.1 Å². The highest BCUT2D eigenvalue weighted by atomic mass is 32.2. The van der Waals surface area contributed by atoms with Crippen molar-refractivity contribution >= 4 is 21.2 Å². The summed E-state index contributed by atoms with van der Waals surface area (Å²) in [6.45, 7) is 7.69. The number of aryl methyl sites for hydroxylation is 2. The van der Waals surface area contributed by atoms with Gasteiger partial charge < -0.3 is 9.84 Å². The average molecular weight is 449 g/mol. The van der Waals surface area contributed by atoms with Crippen molar-refractivity contribution in [1.29, 1.82) is 0 Å². The van der Waals surface area contributed by atoms with Crippen LogP contribution in [0.4, 0.5) is 0 Å². The quantitative estimate of drug-likeness (QED) is 0.507. The van der Waals surface area contributed by atoms with Gasteiger partial charge >= 0.3 is 0 Å². The first-order chi connectivity index (χ1) is 14.7. The lowest BCUT2D eigenvalue weighted by molar-refractivity contribution is 0.240. The van der Waals surface area contributed by atoms with Gasteiger partial charge in [-0.1, -0.05) is 13.8 Å². The zero-order valence-electron chi connectivity index (χ0n) is 18.3. The smallest absolute Gasteiger partial charge is 0.240 e. The molecule has 0 amide bonds. The zero-order valence-corrected chi connectivity index (χ0v) is 19.1. The summed E-state index contributed by atoms with van der Waals surface area (Å²) in [5.74, 6) is 0.916. The van der Waals surface area contributed by atoms with Gasteiger partial charge in [0.15, 0.2) is 11.5 Å². The van der Waals surface area contributed by atoms with E-state index in [1.54, 1.807) is 17.8 Å². The first-order valence-corrected chi connectivity index (χ1v) is 11.6. The summed E-state index contributed by atoms with van der Waals surface area (Å²) in [4.78, 5) is 4.58. The molecule has 10 nitrogen and oxygen atoms in total. The highest BCUT2D eigenvalue weighted by Gasteiger charge is 2.23. The summed E-state index contributed by atoms with van der Waals surface area (Å²) in [5.41, 5.74) is 2.21. The number of hydrogen-bond acceptors (Lipinski definition) is 8. The number of rotatable bonds is 9. The first kappa shape index (κ1) is 23.0. The Bertz CT molecular complexity index is 1180. The van der Waals surface area contributed by atoms with E-state index in [1.807, 2.05) is 27.7 Å². The number of nitrogens with one attached hydrogen (secondary N) is 1. The second-order valence-corrected chi connectivity index (χ2v) is 9.45. The van der Waals surface area contributed by atoms with E-state index in [2.05, 4.69) is 25.0 Å². The van der Waals surface area contributed by atoms with Crippen molar-refractivity contribution < 1.29 is 18.3 Å². The normalized spacial score (nSPS) is 13.1. The van der Waals surface area contributed by atoms with Crippen molar-refractivity contribution in [2.75, 3.05) is 13.2 Å². The molecule has 0 spiro atoms. The van der Waals surface area contributed by atoms with Crippen LogP contribution in [0, 0.1) is 12.8 Å². The molecule has 1 atom stereocenters. The molecule has 0 aliphatic carbocycles. The number of aliphatic hydroxyl groups is 1. The van der Waals surface area contributed by atoms with E-state index in [0.717, 1.165) is 0 Å². The van der Waals surface area contributed by atoms with Crippen molar-refractivity contribution in [3.05, 3.63) is 23.9 Å². The Balaban J connectivity index is 2.06. The molecule has 2 N–H and O–H groups in total. The number of hydrogen-bond donors (Lipinski definition) is 2. The monoisotopic (exact) mass is 448 g/mol. The van der Waals surface area contributed by atoms with Crippen LogP contribution in [0.5, 0.6) is 5.75 Å². The number of nitrogens with zero attached hydrogens (tertiary/aromatic N) is 5. The number of aliphatic hydroxyl groups excluding tert-OH is 1. The predicted octanol–water partition coefficient (Wildman–Crippen LogP) is 1.82. The molecule has 0 radical (unpaired) electrons. The van der Waals surface area contributed by atoms with E-state index in [9.17, 15) is 13.5 Å². The lowest BCUT2D eigenvalue weighted by atomic mass is 10.1. The van der Waals surface area contributed by atoms with Gasteiger partial charge in [0.25, 0.3) is 0 Å². The fraction of sp³-hybridized carbons (Fsp3) is 0.500. The largest absolute Gasteiger partial charge is 0.493 e. The van der Waals surface area contributed by atoms with E-state index in [0.29, 0.717) is 41.2 Å². The van der Waals surface area contributed by atoms with Crippen molar-refractivity contribution in [3.63, 3.8) is 0 Å². The molecule has 31 heavy (non-hydrogen) atoms. The summed E-state index contributed by atoms with van der Waals surface area (Å²) in [5, 5.41) is 22.3. The van der Waals surface area contributed by atoms with Crippen LogP contribution in [0.25, 0.3) is 22.6 Å². The minimum absolute atomic E-state index is 0.0276. The van der Waals surface area contributed by atoms with Gasteiger partial charge in [0, 0.05) is 13.1 Å². The zero-order chi connectivity index (χ0) is 22.8. The number of sulfonamides is 1. The van der Waals surface area contributed by atoms with Crippen molar-refractivity contribution in [3.8, 4) is 17.1 Å². The molecule has 0 saturated carbocycles. The maximum Gasteiger partial charge on any atom is 0.240 e. The van der Waals surface area contributed by atoms with Crippen LogP contribution < -0.4 is 9.46 Å². The first-order valence-electron chi connectivity index (χ1n) is 10.1. The van der Waals surface area contributed by atoms with E-state index < -0.39 is 16.1 Å². The van der Waals surface area contributed by atoms with E-state index in [1.165, 1.54) is 12.1 Å². The molecular weight excluding hydrogens is 420 g/mol.